The number of halogens is 1. The summed E-state index contributed by atoms with van der Waals surface area (Å²) in [4.78, 5) is 33.3. The Morgan fingerprint density at radius 3 is 2.95 bits per heavy atom. The zero-order valence-electron chi connectivity index (χ0n) is 11.8. The van der Waals surface area contributed by atoms with Crippen LogP contribution in [-0.2, 0) is 14.4 Å². The molecule has 1 aromatic rings. The molecule has 5 nitrogen and oxygen atoms in total. The summed E-state index contributed by atoms with van der Waals surface area (Å²) < 4.78 is 12.9. The number of hydrogen-bond donors (Lipinski definition) is 0. The van der Waals surface area contributed by atoms with Crippen molar-refractivity contribution < 1.29 is 18.8 Å². The van der Waals surface area contributed by atoms with Gasteiger partial charge in [0.05, 0.1) is 18.1 Å². The van der Waals surface area contributed by atoms with E-state index in [1.165, 1.54) is 17.3 Å². The standard InChI is InChI=1S/C15H17FN2O3/c1-15(6-4-11(19)8-15)14(20)18-12(5-7-21-18)10-2-3-13(16)17-9-10/h2-3,9,12H,4-8H2,1H3/t12-,15?/m0/s1. The fourth-order valence-electron chi connectivity index (χ4n) is 3.03. The average molecular weight is 292 g/mol. The summed E-state index contributed by atoms with van der Waals surface area (Å²) in [5.74, 6) is -0.603. The summed E-state index contributed by atoms with van der Waals surface area (Å²) in [5, 5.41) is 1.35. The van der Waals surface area contributed by atoms with Crippen molar-refractivity contribution in [3.63, 3.8) is 0 Å². The highest BCUT2D eigenvalue weighted by molar-refractivity contribution is 5.92. The van der Waals surface area contributed by atoms with Crippen molar-refractivity contribution >= 4 is 11.7 Å². The fourth-order valence-corrected chi connectivity index (χ4v) is 3.03. The van der Waals surface area contributed by atoms with E-state index in [2.05, 4.69) is 4.98 Å². The lowest BCUT2D eigenvalue weighted by molar-refractivity contribution is -0.187. The molecule has 6 heteroatoms. The summed E-state index contributed by atoms with van der Waals surface area (Å²) in [5.41, 5.74) is 0.0582. The topological polar surface area (TPSA) is 59.5 Å². The number of ketones is 1. The maximum absolute atomic E-state index is 12.9. The van der Waals surface area contributed by atoms with Gasteiger partial charge >= 0.3 is 0 Å². The minimum atomic E-state index is -0.687. The number of carbonyl (C=O) groups is 2. The molecule has 2 fully saturated rings. The van der Waals surface area contributed by atoms with E-state index in [1.54, 1.807) is 6.07 Å². The van der Waals surface area contributed by atoms with E-state index in [1.807, 2.05) is 6.92 Å². The Morgan fingerprint density at radius 2 is 2.33 bits per heavy atom. The van der Waals surface area contributed by atoms with Crippen LogP contribution in [0.5, 0.6) is 0 Å². The van der Waals surface area contributed by atoms with Crippen molar-refractivity contribution in [2.24, 2.45) is 5.41 Å². The van der Waals surface area contributed by atoms with E-state index in [-0.39, 0.29) is 24.2 Å². The van der Waals surface area contributed by atoms with Crippen LogP contribution in [0.15, 0.2) is 18.3 Å². The van der Waals surface area contributed by atoms with Crippen LogP contribution in [0.25, 0.3) is 0 Å². The first-order valence-electron chi connectivity index (χ1n) is 7.09. The van der Waals surface area contributed by atoms with Gasteiger partial charge in [0.2, 0.25) is 5.95 Å². The van der Waals surface area contributed by atoms with Gasteiger partial charge < -0.3 is 0 Å². The predicted molar refractivity (Wildman–Crippen MR) is 71.3 cm³/mol. The predicted octanol–water partition coefficient (Wildman–Crippen LogP) is 2.19. The Bertz CT molecular complexity index is 575. The number of rotatable bonds is 2. The second-order valence-electron chi connectivity index (χ2n) is 5.96. The molecule has 1 aliphatic carbocycles. The van der Waals surface area contributed by atoms with Crippen LogP contribution in [-0.4, -0.2) is 28.3 Å². The van der Waals surface area contributed by atoms with Crippen molar-refractivity contribution in [2.45, 2.75) is 38.6 Å². The van der Waals surface area contributed by atoms with Gasteiger partial charge in [0.15, 0.2) is 0 Å². The smallest absolute Gasteiger partial charge is 0.253 e. The lowest BCUT2D eigenvalue weighted by atomic mass is 9.87. The van der Waals surface area contributed by atoms with Gasteiger partial charge in [-0.25, -0.2) is 10.0 Å². The molecule has 2 aliphatic rings. The molecule has 1 aliphatic heterocycles. The molecule has 3 rings (SSSR count). The quantitative estimate of drug-likeness (QED) is 0.784. The highest BCUT2D eigenvalue weighted by Crippen LogP contribution is 2.41. The maximum atomic E-state index is 12.9. The second-order valence-corrected chi connectivity index (χ2v) is 5.96. The molecule has 2 heterocycles. The van der Waals surface area contributed by atoms with Gasteiger partial charge in [-0.2, -0.15) is 4.39 Å². The highest BCUT2D eigenvalue weighted by Gasteiger charge is 2.46. The lowest BCUT2D eigenvalue weighted by Crippen LogP contribution is -2.40. The van der Waals surface area contributed by atoms with Gasteiger partial charge in [0.1, 0.15) is 5.78 Å². The molecule has 0 N–H and O–H groups in total. The Labute approximate surface area is 122 Å². The summed E-state index contributed by atoms with van der Waals surface area (Å²) in [7, 11) is 0. The molecule has 21 heavy (non-hydrogen) atoms. The number of aromatic nitrogens is 1. The van der Waals surface area contributed by atoms with Gasteiger partial charge in [0, 0.05) is 25.5 Å². The first-order chi connectivity index (χ1) is 9.99. The molecule has 1 saturated carbocycles. The lowest BCUT2D eigenvalue weighted by Gasteiger charge is -2.30. The van der Waals surface area contributed by atoms with Crippen LogP contribution in [0.4, 0.5) is 4.39 Å². The van der Waals surface area contributed by atoms with Gasteiger partial charge in [-0.1, -0.05) is 13.0 Å². The molecule has 112 valence electrons. The second kappa shape index (κ2) is 5.18. The zero-order valence-corrected chi connectivity index (χ0v) is 11.8. The van der Waals surface area contributed by atoms with Crippen LogP contribution < -0.4 is 0 Å². The molecular formula is C15H17FN2O3. The first-order valence-corrected chi connectivity index (χ1v) is 7.09. The van der Waals surface area contributed by atoms with E-state index >= 15 is 0 Å². The molecule has 1 amide bonds. The summed E-state index contributed by atoms with van der Waals surface area (Å²) >= 11 is 0. The van der Waals surface area contributed by atoms with E-state index in [0.717, 1.165) is 5.56 Å². The third-order valence-electron chi connectivity index (χ3n) is 4.30. The number of carbonyl (C=O) groups excluding carboxylic acids is 2. The molecule has 2 atom stereocenters. The summed E-state index contributed by atoms with van der Waals surface area (Å²) in [6.45, 7) is 2.24. The van der Waals surface area contributed by atoms with Crippen LogP contribution >= 0.6 is 0 Å². The summed E-state index contributed by atoms with van der Waals surface area (Å²) in [6, 6.07) is 2.62. The average Bonchev–Trinajstić information content (AvgIpc) is 3.06. The molecule has 0 aromatic carbocycles. The van der Waals surface area contributed by atoms with Crippen LogP contribution in [0.1, 0.15) is 44.2 Å². The third-order valence-corrected chi connectivity index (χ3v) is 4.30. The van der Waals surface area contributed by atoms with Crippen molar-refractivity contribution in [1.82, 2.24) is 10.0 Å². The Kier molecular flexibility index (Phi) is 3.49. The van der Waals surface area contributed by atoms with Crippen molar-refractivity contribution in [3.05, 3.63) is 29.8 Å². The monoisotopic (exact) mass is 292 g/mol. The van der Waals surface area contributed by atoms with Crippen LogP contribution in [0.3, 0.4) is 0 Å². The maximum Gasteiger partial charge on any atom is 0.253 e. The SMILES string of the molecule is CC1(C(=O)N2OCC[C@H]2c2ccc(F)nc2)CCC(=O)C1. The van der Waals surface area contributed by atoms with E-state index in [9.17, 15) is 14.0 Å². The molecule has 1 saturated heterocycles. The van der Waals surface area contributed by atoms with Crippen molar-refractivity contribution in [2.75, 3.05) is 6.61 Å². The van der Waals surface area contributed by atoms with E-state index in [4.69, 9.17) is 4.84 Å². The molecule has 1 unspecified atom stereocenters. The molecular weight excluding hydrogens is 275 g/mol. The molecule has 0 spiro atoms. The highest BCUT2D eigenvalue weighted by atomic mass is 19.1. The Balaban J connectivity index is 1.82. The van der Waals surface area contributed by atoms with E-state index < -0.39 is 11.4 Å². The number of nitrogens with zero attached hydrogens (tertiary/aromatic N) is 2. The van der Waals surface area contributed by atoms with Crippen molar-refractivity contribution in [3.8, 4) is 0 Å². The van der Waals surface area contributed by atoms with Gasteiger partial charge in [0.25, 0.3) is 5.91 Å². The number of amides is 1. The molecule has 0 bridgehead atoms. The molecule has 0 radical (unpaired) electrons. The fraction of sp³-hybridized carbons (Fsp3) is 0.533. The number of pyridine rings is 1. The van der Waals surface area contributed by atoms with Crippen molar-refractivity contribution in [1.29, 1.82) is 0 Å². The number of hydrogen-bond acceptors (Lipinski definition) is 4. The normalized spacial score (nSPS) is 29.1. The Hall–Kier alpha value is -1.82. The first kappa shape index (κ1) is 14.1. The number of hydroxylamine groups is 2. The largest absolute Gasteiger partial charge is 0.300 e. The zero-order chi connectivity index (χ0) is 15.0. The van der Waals surface area contributed by atoms with Crippen LogP contribution in [0.2, 0.25) is 0 Å². The third kappa shape index (κ3) is 2.55. The van der Waals surface area contributed by atoms with Gasteiger partial charge in [-0.05, 0) is 18.1 Å². The number of Topliss-reactive ketones (excluding diaryl/α,β-unsaturated/α-hetero) is 1. The summed E-state index contributed by atoms with van der Waals surface area (Å²) in [6.07, 6.45) is 3.33. The van der Waals surface area contributed by atoms with Gasteiger partial charge in [-0.3, -0.25) is 14.4 Å². The minimum Gasteiger partial charge on any atom is -0.300 e. The van der Waals surface area contributed by atoms with Gasteiger partial charge in [-0.15, -0.1) is 0 Å². The van der Waals surface area contributed by atoms with E-state index in [0.29, 0.717) is 25.9 Å². The minimum absolute atomic E-state index is 0.116. The van der Waals surface area contributed by atoms with Crippen LogP contribution in [0, 0.1) is 11.4 Å². The Morgan fingerprint density at radius 1 is 1.52 bits per heavy atom. The molecule has 1 aromatic heterocycles.